The molecule has 0 saturated carbocycles. The van der Waals surface area contributed by atoms with Crippen LogP contribution in [0.1, 0.15) is 40.0 Å². The minimum atomic E-state index is -0.133. The first-order chi connectivity index (χ1) is 12.2. The summed E-state index contributed by atoms with van der Waals surface area (Å²) in [4.78, 5) is 12.9. The number of carbonyl (C=O) groups is 1. The monoisotopic (exact) mass is 331 g/mol. The summed E-state index contributed by atoms with van der Waals surface area (Å²) in [6.45, 7) is 1.98. The summed E-state index contributed by atoms with van der Waals surface area (Å²) in [6, 6.07) is 18.0. The van der Waals surface area contributed by atoms with E-state index in [2.05, 4.69) is 23.5 Å². The molecule has 0 fully saturated rings. The Balaban J connectivity index is 1.67. The highest BCUT2D eigenvalue weighted by atomic mass is 16.5. The maximum absolute atomic E-state index is 12.9. The van der Waals surface area contributed by atoms with Crippen molar-refractivity contribution in [3.63, 3.8) is 0 Å². The average molecular weight is 331 g/mol. The van der Waals surface area contributed by atoms with Crippen molar-refractivity contribution < 1.29 is 9.53 Å². The number of hydrogen-bond donors (Lipinski definition) is 1. The van der Waals surface area contributed by atoms with Crippen LogP contribution in [0.4, 0.5) is 0 Å². The van der Waals surface area contributed by atoms with Crippen molar-refractivity contribution in [3.8, 4) is 5.75 Å². The van der Waals surface area contributed by atoms with Crippen molar-refractivity contribution in [2.75, 3.05) is 7.11 Å². The number of hydrogen-bond acceptors (Lipinski definition) is 2. The average Bonchev–Trinajstić information content (AvgIpc) is 3.07. The van der Waals surface area contributed by atoms with Gasteiger partial charge in [0.2, 0.25) is 0 Å². The third kappa shape index (κ3) is 2.66. The zero-order chi connectivity index (χ0) is 17.4. The molecule has 3 heteroatoms. The van der Waals surface area contributed by atoms with Crippen LogP contribution in [-0.2, 0) is 12.8 Å². The molecule has 3 aromatic rings. The number of ether oxygens (including phenoxy) is 1. The molecule has 0 radical (unpaired) electrons. The Labute approximate surface area is 147 Å². The Bertz CT molecular complexity index is 951. The van der Waals surface area contributed by atoms with Gasteiger partial charge in [-0.05, 0) is 53.8 Å². The summed E-state index contributed by atoms with van der Waals surface area (Å²) in [5, 5.41) is 5.44. The zero-order valence-corrected chi connectivity index (χ0v) is 14.5. The quantitative estimate of drug-likeness (QED) is 0.767. The van der Waals surface area contributed by atoms with Gasteiger partial charge in [0.15, 0.2) is 0 Å². The highest BCUT2D eigenvalue weighted by Crippen LogP contribution is 2.33. The molecule has 0 heterocycles. The van der Waals surface area contributed by atoms with E-state index in [-0.39, 0.29) is 11.9 Å². The molecule has 1 unspecified atom stereocenters. The van der Waals surface area contributed by atoms with Crippen molar-refractivity contribution in [1.82, 2.24) is 5.32 Å². The lowest BCUT2D eigenvalue weighted by Gasteiger charge is -2.18. The van der Waals surface area contributed by atoms with E-state index < -0.39 is 0 Å². The van der Waals surface area contributed by atoms with Crippen LogP contribution in [0.2, 0.25) is 0 Å². The first-order valence-electron chi connectivity index (χ1n) is 8.66. The van der Waals surface area contributed by atoms with Crippen molar-refractivity contribution in [2.24, 2.45) is 0 Å². The summed E-state index contributed by atoms with van der Waals surface area (Å²) in [5.41, 5.74) is 4.41. The minimum absolute atomic E-state index is 0.0472. The number of aryl methyl sites for hydroxylation is 2. The van der Waals surface area contributed by atoms with E-state index in [1.807, 2.05) is 43.3 Å². The van der Waals surface area contributed by atoms with Crippen LogP contribution >= 0.6 is 0 Å². The van der Waals surface area contributed by atoms with Gasteiger partial charge in [-0.2, -0.15) is 0 Å². The van der Waals surface area contributed by atoms with Gasteiger partial charge in [-0.15, -0.1) is 0 Å². The van der Waals surface area contributed by atoms with Crippen LogP contribution in [0, 0.1) is 0 Å². The Kier molecular flexibility index (Phi) is 3.92. The van der Waals surface area contributed by atoms with E-state index in [1.54, 1.807) is 7.11 Å². The second-order valence-electron chi connectivity index (χ2n) is 6.55. The molecule has 0 saturated heterocycles. The van der Waals surface area contributed by atoms with Crippen LogP contribution in [0.15, 0.2) is 54.6 Å². The fourth-order valence-electron chi connectivity index (χ4n) is 3.82. The lowest BCUT2D eigenvalue weighted by atomic mass is 9.99. The first kappa shape index (κ1) is 15.7. The molecule has 25 heavy (non-hydrogen) atoms. The van der Waals surface area contributed by atoms with Crippen LogP contribution in [0.3, 0.4) is 0 Å². The van der Waals surface area contributed by atoms with E-state index in [9.17, 15) is 4.79 Å². The van der Waals surface area contributed by atoms with Gasteiger partial charge in [0, 0.05) is 11.1 Å². The molecular formula is C22H21NO2. The first-order valence-corrected chi connectivity index (χ1v) is 8.66. The third-order valence-electron chi connectivity index (χ3n) is 5.07. The van der Waals surface area contributed by atoms with Gasteiger partial charge in [-0.1, -0.05) is 42.5 Å². The van der Waals surface area contributed by atoms with E-state index in [0.29, 0.717) is 0 Å². The molecule has 3 nitrogen and oxygen atoms in total. The predicted molar refractivity (Wildman–Crippen MR) is 100 cm³/mol. The van der Waals surface area contributed by atoms with Gasteiger partial charge in [-0.25, -0.2) is 0 Å². The maximum Gasteiger partial charge on any atom is 0.252 e. The Morgan fingerprint density at radius 1 is 1.00 bits per heavy atom. The predicted octanol–water partition coefficient (Wildman–Crippen LogP) is 4.44. The van der Waals surface area contributed by atoms with E-state index in [4.69, 9.17) is 4.74 Å². The summed E-state index contributed by atoms with van der Waals surface area (Å²) >= 11 is 0. The van der Waals surface area contributed by atoms with Crippen molar-refractivity contribution in [1.29, 1.82) is 0 Å². The summed E-state index contributed by atoms with van der Waals surface area (Å²) < 4.78 is 5.41. The summed E-state index contributed by atoms with van der Waals surface area (Å²) in [6.07, 6.45) is 2.13. The molecular weight excluding hydrogens is 310 g/mol. The van der Waals surface area contributed by atoms with Crippen LogP contribution in [0.25, 0.3) is 10.8 Å². The molecule has 0 aliphatic heterocycles. The van der Waals surface area contributed by atoms with Gasteiger partial charge in [-0.3, -0.25) is 4.79 Å². The summed E-state index contributed by atoms with van der Waals surface area (Å²) in [7, 11) is 1.65. The minimum Gasteiger partial charge on any atom is -0.496 e. The summed E-state index contributed by atoms with van der Waals surface area (Å²) in [5.74, 6) is 0.740. The van der Waals surface area contributed by atoms with Gasteiger partial charge in [0.25, 0.3) is 5.91 Å². The van der Waals surface area contributed by atoms with Gasteiger partial charge < -0.3 is 10.1 Å². The second-order valence-corrected chi connectivity index (χ2v) is 6.55. The lowest BCUT2D eigenvalue weighted by Crippen LogP contribution is -2.27. The van der Waals surface area contributed by atoms with Gasteiger partial charge >= 0.3 is 0 Å². The number of para-hydroxylation sites is 1. The fraction of sp³-hybridized carbons (Fsp3) is 0.227. The second kappa shape index (κ2) is 6.25. The third-order valence-corrected chi connectivity index (χ3v) is 5.07. The molecule has 1 atom stereocenters. The topological polar surface area (TPSA) is 38.3 Å². The van der Waals surface area contributed by atoms with Crippen LogP contribution in [-0.4, -0.2) is 13.0 Å². The van der Waals surface area contributed by atoms with Crippen molar-refractivity contribution >= 4 is 16.7 Å². The molecule has 1 N–H and O–H groups in total. The van der Waals surface area contributed by atoms with Crippen molar-refractivity contribution in [3.05, 3.63) is 76.9 Å². The van der Waals surface area contributed by atoms with Gasteiger partial charge in [0.05, 0.1) is 13.2 Å². The Morgan fingerprint density at radius 3 is 2.56 bits per heavy atom. The highest BCUT2D eigenvalue weighted by Gasteiger charge is 2.20. The van der Waals surface area contributed by atoms with Crippen molar-refractivity contribution in [2.45, 2.75) is 25.8 Å². The lowest BCUT2D eigenvalue weighted by molar-refractivity contribution is 0.0941. The molecule has 0 spiro atoms. The molecule has 1 aliphatic carbocycles. The standard InChI is InChI=1S/C22H21NO2/c1-14(17-7-3-4-9-20(17)25-2)23-22(24)19-13-12-16-11-10-15-6-5-8-18(19)21(15)16/h3-9,12-14H,10-11H2,1-2H3,(H,23,24). The van der Waals surface area contributed by atoms with Gasteiger partial charge in [0.1, 0.15) is 5.75 Å². The largest absolute Gasteiger partial charge is 0.496 e. The molecule has 4 rings (SSSR count). The Hall–Kier alpha value is -2.81. The highest BCUT2D eigenvalue weighted by molar-refractivity contribution is 6.09. The van der Waals surface area contributed by atoms with Crippen LogP contribution < -0.4 is 10.1 Å². The smallest absolute Gasteiger partial charge is 0.252 e. The number of rotatable bonds is 4. The fourth-order valence-corrected chi connectivity index (χ4v) is 3.82. The SMILES string of the molecule is COc1ccccc1C(C)NC(=O)c1ccc2c3c(cccc13)CC2. The van der Waals surface area contributed by atoms with E-state index in [0.717, 1.165) is 35.1 Å². The molecule has 0 aromatic heterocycles. The maximum atomic E-state index is 12.9. The molecule has 3 aromatic carbocycles. The zero-order valence-electron chi connectivity index (χ0n) is 14.5. The van der Waals surface area contributed by atoms with E-state index in [1.165, 1.54) is 16.5 Å². The van der Waals surface area contributed by atoms with E-state index >= 15 is 0 Å². The number of benzene rings is 3. The Morgan fingerprint density at radius 2 is 1.76 bits per heavy atom. The van der Waals surface area contributed by atoms with Crippen LogP contribution in [0.5, 0.6) is 5.75 Å². The molecule has 0 bridgehead atoms. The molecule has 1 aliphatic rings. The normalized spacial score (nSPS) is 13.7. The number of methoxy groups -OCH3 is 1. The number of carbonyl (C=O) groups excluding carboxylic acids is 1. The molecule has 1 amide bonds. The number of amides is 1. The molecule has 126 valence electrons. The number of nitrogens with one attached hydrogen (secondary N) is 1.